The highest BCUT2D eigenvalue weighted by Crippen LogP contribution is 2.45. The van der Waals surface area contributed by atoms with Gasteiger partial charge >= 0.3 is 12.1 Å². The summed E-state index contributed by atoms with van der Waals surface area (Å²) in [4.78, 5) is 33.8. The van der Waals surface area contributed by atoms with Crippen molar-refractivity contribution in [1.82, 2.24) is 14.9 Å². The number of methoxy groups -OCH3 is 1. The number of hydrogen-bond acceptors (Lipinski definition) is 8. The van der Waals surface area contributed by atoms with Gasteiger partial charge in [-0.05, 0) is 70.5 Å². The van der Waals surface area contributed by atoms with E-state index in [0.29, 0.717) is 24.4 Å². The van der Waals surface area contributed by atoms with Crippen LogP contribution < -0.4 is 14.9 Å². The number of rotatable bonds is 18. The molecule has 0 aliphatic heterocycles. The van der Waals surface area contributed by atoms with E-state index < -0.39 is 17.6 Å². The predicted molar refractivity (Wildman–Crippen MR) is 223 cm³/mol. The molecule has 298 valence electrons. The Balaban J connectivity index is 1.03. The third kappa shape index (κ3) is 8.57. The van der Waals surface area contributed by atoms with E-state index in [2.05, 4.69) is 70.9 Å². The number of nitrogens with zero attached hydrogens (tertiary/aromatic N) is 2. The van der Waals surface area contributed by atoms with Crippen molar-refractivity contribution in [2.45, 2.75) is 43.6 Å². The van der Waals surface area contributed by atoms with Crippen LogP contribution in [0.4, 0.5) is 4.79 Å². The zero-order valence-corrected chi connectivity index (χ0v) is 32.6. The van der Waals surface area contributed by atoms with Crippen LogP contribution in [0.2, 0.25) is 0 Å². The van der Waals surface area contributed by atoms with Crippen molar-refractivity contribution in [3.05, 3.63) is 173 Å². The summed E-state index contributed by atoms with van der Waals surface area (Å²) in [6.45, 7) is 1.68. The third-order valence-corrected chi connectivity index (χ3v) is 10.9. The number of aromatic nitrogens is 1. The van der Waals surface area contributed by atoms with Gasteiger partial charge in [0.25, 0.3) is 0 Å². The molecule has 58 heavy (non-hydrogen) atoms. The topological polar surface area (TPSA) is 122 Å². The van der Waals surface area contributed by atoms with Gasteiger partial charge in [-0.2, -0.15) is 0 Å². The highest BCUT2D eigenvalue weighted by Gasteiger charge is 2.42. The van der Waals surface area contributed by atoms with E-state index in [1.54, 1.807) is 7.11 Å². The van der Waals surface area contributed by atoms with Gasteiger partial charge in [0.05, 0.1) is 19.1 Å². The number of aromatic hydroxyl groups is 2. The Labute approximate surface area is 339 Å². The Morgan fingerprint density at radius 3 is 1.78 bits per heavy atom. The summed E-state index contributed by atoms with van der Waals surface area (Å²) in [7, 11) is 1.64. The molecule has 1 amide bonds. The van der Waals surface area contributed by atoms with Crippen LogP contribution in [0.15, 0.2) is 146 Å². The first-order valence-corrected chi connectivity index (χ1v) is 19.8. The molecule has 7 rings (SSSR count). The van der Waals surface area contributed by atoms with Crippen molar-refractivity contribution in [3.63, 3.8) is 0 Å². The maximum Gasteiger partial charge on any atom is 0.407 e. The maximum atomic E-state index is 13.3. The molecule has 1 heterocycles. The van der Waals surface area contributed by atoms with E-state index >= 15 is 0 Å². The second-order valence-corrected chi connectivity index (χ2v) is 14.4. The van der Waals surface area contributed by atoms with Gasteiger partial charge in [0.15, 0.2) is 0 Å². The van der Waals surface area contributed by atoms with E-state index in [9.17, 15) is 19.8 Å². The first-order valence-electron chi connectivity index (χ1n) is 19.8. The van der Waals surface area contributed by atoms with Crippen LogP contribution >= 0.6 is 0 Å². The summed E-state index contributed by atoms with van der Waals surface area (Å²) in [5.41, 5.74) is 6.95. The van der Waals surface area contributed by atoms with Crippen molar-refractivity contribution in [3.8, 4) is 28.6 Å². The van der Waals surface area contributed by atoms with Crippen LogP contribution in [0, 0.1) is 0 Å². The third-order valence-electron chi connectivity index (χ3n) is 10.9. The smallest absolute Gasteiger partial charge is 0.407 e. The summed E-state index contributed by atoms with van der Waals surface area (Å²) >= 11 is 0. The lowest BCUT2D eigenvalue weighted by atomic mass is 9.75. The average molecular weight is 780 g/mol. The molecule has 0 saturated carbocycles. The van der Waals surface area contributed by atoms with Gasteiger partial charge in [0, 0.05) is 31.1 Å². The molecule has 1 aliphatic rings. The first-order chi connectivity index (χ1) is 28.4. The molecule has 1 aromatic heterocycles. The van der Waals surface area contributed by atoms with Gasteiger partial charge in [-0.3, -0.25) is 4.90 Å². The van der Waals surface area contributed by atoms with Gasteiger partial charge in [-0.15, -0.1) is 4.73 Å². The van der Waals surface area contributed by atoms with Crippen molar-refractivity contribution in [2.75, 3.05) is 33.4 Å². The van der Waals surface area contributed by atoms with E-state index in [1.165, 1.54) is 34.4 Å². The van der Waals surface area contributed by atoms with Gasteiger partial charge < -0.3 is 29.8 Å². The predicted octanol–water partition coefficient (Wildman–Crippen LogP) is 8.65. The number of carbonyl (C=O) groups is 2. The molecule has 0 fully saturated rings. The van der Waals surface area contributed by atoms with Gasteiger partial charge in [0.1, 0.15) is 12.4 Å². The van der Waals surface area contributed by atoms with Crippen LogP contribution in [-0.4, -0.2) is 65.3 Å². The van der Waals surface area contributed by atoms with Crippen LogP contribution in [-0.2, 0) is 15.1 Å². The lowest BCUT2D eigenvalue weighted by molar-refractivity contribution is -0.146. The number of benzene rings is 5. The molecule has 10 heteroatoms. The van der Waals surface area contributed by atoms with Gasteiger partial charge in [-0.1, -0.05) is 134 Å². The molecule has 0 spiro atoms. The number of alkyl carbamates (subject to hydrolysis) is 1. The number of ether oxygens (including phenoxy) is 2. The number of amides is 1. The van der Waals surface area contributed by atoms with Gasteiger partial charge in [0.2, 0.25) is 11.8 Å². The fourth-order valence-corrected chi connectivity index (χ4v) is 8.18. The molecular weight excluding hydrogens is 731 g/mol. The second kappa shape index (κ2) is 18.6. The molecule has 0 atom stereocenters. The molecule has 0 saturated heterocycles. The summed E-state index contributed by atoms with van der Waals surface area (Å²) < 4.78 is 12.0. The summed E-state index contributed by atoms with van der Waals surface area (Å²) in [5, 5.41) is 23.2. The summed E-state index contributed by atoms with van der Waals surface area (Å²) in [6, 6.07) is 47.6. The zero-order valence-electron chi connectivity index (χ0n) is 32.6. The lowest BCUT2D eigenvalue weighted by Gasteiger charge is -2.46. The zero-order chi connectivity index (χ0) is 40.3. The molecule has 0 unspecified atom stereocenters. The van der Waals surface area contributed by atoms with E-state index in [4.69, 9.17) is 14.3 Å². The standard InChI is InChI=1S/C48H49N3O7/c1-56-38-26-24-37(25-27-38)48(35-16-6-4-7-17-35,36-18-8-5-9-19-36)50(33-30-46(54)58-51-44(52)28-29-45(51)53)32-15-3-2-14-31-49-47(55)57-34-43-41-22-12-10-20-39(41)40-21-11-13-23-42(40)43/h4-13,16-29,43,52-53H,2-3,14-15,30-34H2,1H3,(H,49,55). The van der Waals surface area contributed by atoms with Crippen molar-refractivity contribution < 1.29 is 34.1 Å². The molecule has 3 N–H and O–H groups in total. The summed E-state index contributed by atoms with van der Waals surface area (Å²) in [6.07, 6.45) is 2.88. The van der Waals surface area contributed by atoms with Crippen LogP contribution in [0.3, 0.4) is 0 Å². The molecule has 5 aromatic carbocycles. The van der Waals surface area contributed by atoms with E-state index in [-0.39, 0.29) is 30.7 Å². The molecule has 10 nitrogen and oxygen atoms in total. The Kier molecular flexibility index (Phi) is 12.7. The largest absolute Gasteiger partial charge is 0.497 e. The quantitative estimate of drug-likeness (QED) is 0.0586. The SMILES string of the molecule is COc1ccc(C(c2ccccc2)(c2ccccc2)N(CCCCCCNC(=O)OCC2c3ccccc3-c3ccccc32)CCC(=O)On2c(O)ccc2O)cc1. The van der Waals surface area contributed by atoms with E-state index in [0.717, 1.165) is 48.1 Å². The fraction of sp³-hybridized carbons (Fsp3) is 0.250. The van der Waals surface area contributed by atoms with Crippen molar-refractivity contribution in [2.24, 2.45) is 0 Å². The molecule has 0 bridgehead atoms. The Morgan fingerprint density at radius 2 is 1.19 bits per heavy atom. The van der Waals surface area contributed by atoms with Gasteiger partial charge in [-0.25, -0.2) is 9.59 Å². The van der Waals surface area contributed by atoms with E-state index in [1.807, 2.05) is 72.8 Å². The Bertz CT molecular complexity index is 2170. The monoisotopic (exact) mass is 779 g/mol. The van der Waals surface area contributed by atoms with Crippen LogP contribution in [0.5, 0.6) is 17.5 Å². The fourth-order valence-electron chi connectivity index (χ4n) is 8.18. The minimum Gasteiger partial charge on any atom is -0.497 e. The molecule has 6 aromatic rings. The molecule has 1 aliphatic carbocycles. The summed E-state index contributed by atoms with van der Waals surface area (Å²) in [5.74, 6) is -0.635. The average Bonchev–Trinajstić information content (AvgIpc) is 3.76. The second-order valence-electron chi connectivity index (χ2n) is 14.4. The number of unbranched alkanes of at least 4 members (excludes halogenated alkanes) is 3. The van der Waals surface area contributed by atoms with Crippen molar-refractivity contribution >= 4 is 12.1 Å². The van der Waals surface area contributed by atoms with Crippen LogP contribution in [0.1, 0.15) is 65.8 Å². The molecular formula is C48H49N3O7. The minimum absolute atomic E-state index is 0.00736. The Hall–Kier alpha value is -6.52. The molecule has 0 radical (unpaired) electrons. The number of nitrogens with one attached hydrogen (secondary N) is 1. The minimum atomic E-state index is -0.821. The van der Waals surface area contributed by atoms with Crippen molar-refractivity contribution in [1.29, 1.82) is 0 Å². The van der Waals surface area contributed by atoms with Crippen LogP contribution in [0.25, 0.3) is 11.1 Å². The normalized spacial score (nSPS) is 12.2. The number of carbonyl (C=O) groups excluding carboxylic acids is 2. The Morgan fingerprint density at radius 1 is 0.655 bits per heavy atom. The lowest BCUT2D eigenvalue weighted by Crippen LogP contribution is -2.49. The highest BCUT2D eigenvalue weighted by atomic mass is 16.7. The number of fused-ring (bicyclic) bond motifs is 3. The first kappa shape index (κ1) is 39.7. The highest BCUT2D eigenvalue weighted by molar-refractivity contribution is 5.79. The maximum absolute atomic E-state index is 13.3. The number of hydrogen-bond donors (Lipinski definition) is 3.